The van der Waals surface area contributed by atoms with Gasteiger partial charge in [0, 0.05) is 18.0 Å². The molecule has 20 heavy (non-hydrogen) atoms. The first-order chi connectivity index (χ1) is 9.74. The molecule has 1 heterocycles. The van der Waals surface area contributed by atoms with Gasteiger partial charge in [0.25, 0.3) is 0 Å². The molecule has 2 aromatic rings. The van der Waals surface area contributed by atoms with Gasteiger partial charge in [-0.25, -0.2) is 4.98 Å². The van der Waals surface area contributed by atoms with Crippen molar-refractivity contribution in [2.45, 2.75) is 52.0 Å². The average Bonchev–Trinajstić information content (AvgIpc) is 3.27. The number of aromatic nitrogens is 2. The first-order valence-electron chi connectivity index (χ1n) is 7.69. The Morgan fingerprint density at radius 2 is 1.90 bits per heavy atom. The van der Waals surface area contributed by atoms with E-state index in [4.69, 9.17) is 10.7 Å². The number of benzene rings is 1. The van der Waals surface area contributed by atoms with Crippen molar-refractivity contribution in [3.63, 3.8) is 0 Å². The predicted octanol–water partition coefficient (Wildman–Crippen LogP) is 3.98. The van der Waals surface area contributed by atoms with E-state index in [1.165, 1.54) is 24.2 Å². The van der Waals surface area contributed by atoms with Crippen molar-refractivity contribution in [2.75, 3.05) is 5.73 Å². The fourth-order valence-electron chi connectivity index (χ4n) is 2.71. The van der Waals surface area contributed by atoms with Crippen LogP contribution in [0.4, 0.5) is 5.82 Å². The second-order valence-corrected chi connectivity index (χ2v) is 5.68. The third kappa shape index (κ3) is 2.33. The molecule has 0 unspecified atom stereocenters. The van der Waals surface area contributed by atoms with E-state index in [0.717, 1.165) is 36.5 Å². The van der Waals surface area contributed by atoms with Crippen LogP contribution in [0.1, 0.15) is 50.4 Å². The number of hydrogen-bond donors (Lipinski definition) is 1. The second-order valence-electron chi connectivity index (χ2n) is 5.68. The molecule has 0 spiro atoms. The van der Waals surface area contributed by atoms with E-state index in [0.29, 0.717) is 5.92 Å². The number of aryl methyl sites for hydroxylation is 1. The van der Waals surface area contributed by atoms with Crippen molar-refractivity contribution in [1.29, 1.82) is 0 Å². The van der Waals surface area contributed by atoms with Crippen molar-refractivity contribution in [3.8, 4) is 11.3 Å². The molecule has 2 N–H and O–H groups in total. The van der Waals surface area contributed by atoms with Crippen LogP contribution in [0, 0.1) is 0 Å². The quantitative estimate of drug-likeness (QED) is 0.892. The predicted molar refractivity (Wildman–Crippen MR) is 83.7 cm³/mol. The summed E-state index contributed by atoms with van der Waals surface area (Å²) in [4.78, 5) is 4.85. The molecule has 3 rings (SSSR count). The van der Waals surface area contributed by atoms with E-state index in [1.54, 1.807) is 0 Å². The summed E-state index contributed by atoms with van der Waals surface area (Å²) >= 11 is 0. The lowest BCUT2D eigenvalue weighted by molar-refractivity contribution is 0.646. The van der Waals surface area contributed by atoms with Crippen LogP contribution in [-0.4, -0.2) is 9.55 Å². The molecular formula is C17H23N3. The van der Waals surface area contributed by atoms with Gasteiger partial charge in [0.15, 0.2) is 0 Å². The molecule has 0 atom stereocenters. The third-order valence-corrected chi connectivity index (χ3v) is 4.06. The van der Waals surface area contributed by atoms with Crippen LogP contribution in [0.2, 0.25) is 0 Å². The second kappa shape index (κ2) is 5.31. The molecule has 1 aliphatic carbocycles. The van der Waals surface area contributed by atoms with Crippen LogP contribution in [0.3, 0.4) is 0 Å². The van der Waals surface area contributed by atoms with Gasteiger partial charge in [-0.2, -0.15) is 0 Å². The monoisotopic (exact) mass is 269 g/mol. The molecule has 1 fully saturated rings. The minimum atomic E-state index is 0.632. The summed E-state index contributed by atoms with van der Waals surface area (Å²) in [5, 5.41) is 0. The molecule has 3 nitrogen and oxygen atoms in total. The van der Waals surface area contributed by atoms with Gasteiger partial charge >= 0.3 is 0 Å². The molecule has 1 aromatic heterocycles. The minimum absolute atomic E-state index is 0.632. The summed E-state index contributed by atoms with van der Waals surface area (Å²) in [6.07, 6.45) is 4.67. The fourth-order valence-corrected chi connectivity index (χ4v) is 2.71. The normalized spacial score (nSPS) is 14.7. The van der Waals surface area contributed by atoms with Crippen molar-refractivity contribution in [2.24, 2.45) is 0 Å². The zero-order valence-corrected chi connectivity index (χ0v) is 12.4. The van der Waals surface area contributed by atoms with Crippen LogP contribution in [0.5, 0.6) is 0 Å². The highest BCUT2D eigenvalue weighted by molar-refractivity contribution is 5.71. The van der Waals surface area contributed by atoms with E-state index < -0.39 is 0 Å². The van der Waals surface area contributed by atoms with Crippen LogP contribution >= 0.6 is 0 Å². The van der Waals surface area contributed by atoms with Gasteiger partial charge in [-0.15, -0.1) is 0 Å². The SMILES string of the molecule is CCCn1c(C2CC2)nc(-c2ccc(CC)cc2)c1N. The maximum atomic E-state index is 6.36. The van der Waals surface area contributed by atoms with Gasteiger partial charge in [-0.1, -0.05) is 38.1 Å². The van der Waals surface area contributed by atoms with Crippen molar-refractivity contribution >= 4 is 5.82 Å². The van der Waals surface area contributed by atoms with Crippen LogP contribution in [0.25, 0.3) is 11.3 Å². The molecule has 0 radical (unpaired) electrons. The Hall–Kier alpha value is -1.77. The first-order valence-corrected chi connectivity index (χ1v) is 7.69. The number of anilines is 1. The summed E-state index contributed by atoms with van der Waals surface area (Å²) in [5.41, 5.74) is 9.81. The molecule has 106 valence electrons. The van der Waals surface area contributed by atoms with Gasteiger partial charge in [-0.3, -0.25) is 0 Å². The maximum Gasteiger partial charge on any atom is 0.131 e. The largest absolute Gasteiger partial charge is 0.383 e. The van der Waals surface area contributed by atoms with Crippen molar-refractivity contribution < 1.29 is 0 Å². The average molecular weight is 269 g/mol. The Kier molecular flexibility index (Phi) is 3.51. The molecule has 1 saturated carbocycles. The maximum absolute atomic E-state index is 6.36. The van der Waals surface area contributed by atoms with Crippen LogP contribution in [-0.2, 0) is 13.0 Å². The highest BCUT2D eigenvalue weighted by Crippen LogP contribution is 2.42. The third-order valence-electron chi connectivity index (χ3n) is 4.06. The standard InChI is InChI=1S/C17H23N3/c1-3-11-20-16(18)15(19-17(20)14-9-10-14)13-7-5-12(4-2)6-8-13/h5-8,14H,3-4,9-11,18H2,1-2H3. The number of nitrogens with two attached hydrogens (primary N) is 1. The Labute approximate surface area is 120 Å². The van der Waals surface area contributed by atoms with E-state index in [2.05, 4.69) is 42.7 Å². The summed E-state index contributed by atoms with van der Waals surface area (Å²) in [6, 6.07) is 8.63. The summed E-state index contributed by atoms with van der Waals surface area (Å²) in [7, 11) is 0. The highest BCUT2D eigenvalue weighted by Gasteiger charge is 2.30. The fraction of sp³-hybridized carbons (Fsp3) is 0.471. The Morgan fingerprint density at radius 1 is 1.20 bits per heavy atom. The molecule has 0 saturated heterocycles. The molecule has 1 aliphatic rings. The van der Waals surface area contributed by atoms with Crippen LogP contribution < -0.4 is 5.73 Å². The Bertz CT molecular complexity index is 591. The van der Waals surface area contributed by atoms with Crippen molar-refractivity contribution in [1.82, 2.24) is 9.55 Å². The lowest BCUT2D eigenvalue weighted by Gasteiger charge is -2.07. The first kappa shape index (κ1) is 13.2. The minimum Gasteiger partial charge on any atom is -0.383 e. The van der Waals surface area contributed by atoms with Gasteiger partial charge < -0.3 is 10.3 Å². The lowest BCUT2D eigenvalue weighted by Crippen LogP contribution is -2.06. The molecule has 3 heteroatoms. The molecule has 0 bridgehead atoms. The number of nitrogens with zero attached hydrogens (tertiary/aromatic N) is 2. The van der Waals surface area contributed by atoms with Gasteiger partial charge in [0.05, 0.1) is 0 Å². The number of hydrogen-bond acceptors (Lipinski definition) is 2. The van der Waals surface area contributed by atoms with Gasteiger partial charge in [-0.05, 0) is 31.2 Å². The summed E-state index contributed by atoms with van der Waals surface area (Å²) < 4.78 is 2.22. The lowest BCUT2D eigenvalue weighted by atomic mass is 10.1. The van der Waals surface area contributed by atoms with Gasteiger partial charge in [0.2, 0.25) is 0 Å². The summed E-state index contributed by atoms with van der Waals surface area (Å²) in [5.74, 6) is 2.66. The zero-order valence-electron chi connectivity index (χ0n) is 12.4. The van der Waals surface area contributed by atoms with Crippen molar-refractivity contribution in [3.05, 3.63) is 35.7 Å². The highest BCUT2D eigenvalue weighted by atomic mass is 15.1. The molecular weight excluding hydrogens is 246 g/mol. The Morgan fingerprint density at radius 3 is 2.45 bits per heavy atom. The zero-order chi connectivity index (χ0) is 14.1. The Balaban J connectivity index is 2.01. The van der Waals surface area contributed by atoms with E-state index in [1.807, 2.05) is 0 Å². The smallest absolute Gasteiger partial charge is 0.131 e. The summed E-state index contributed by atoms with van der Waals surface area (Å²) in [6.45, 7) is 5.33. The van der Waals surface area contributed by atoms with E-state index in [9.17, 15) is 0 Å². The van der Waals surface area contributed by atoms with Crippen LogP contribution in [0.15, 0.2) is 24.3 Å². The number of nitrogen functional groups attached to an aromatic ring is 1. The van der Waals surface area contributed by atoms with Gasteiger partial charge in [0.1, 0.15) is 17.3 Å². The molecule has 1 aromatic carbocycles. The van der Waals surface area contributed by atoms with E-state index in [-0.39, 0.29) is 0 Å². The molecule has 0 amide bonds. The number of imidazole rings is 1. The van der Waals surface area contributed by atoms with E-state index >= 15 is 0 Å². The topological polar surface area (TPSA) is 43.8 Å². The molecule has 0 aliphatic heterocycles. The number of rotatable bonds is 5.